The maximum absolute atomic E-state index is 11.7. The number of amides is 1. The smallest absolute Gasteiger partial charge is 0.237 e. The van der Waals surface area contributed by atoms with Crippen molar-refractivity contribution in [2.45, 2.75) is 26.4 Å². The second-order valence-electron chi connectivity index (χ2n) is 4.18. The first kappa shape index (κ1) is 13.5. The summed E-state index contributed by atoms with van der Waals surface area (Å²) in [6, 6.07) is 7.56. The highest BCUT2D eigenvalue weighted by Gasteiger charge is 2.17. The lowest BCUT2D eigenvalue weighted by molar-refractivity contribution is -0.125. The van der Waals surface area contributed by atoms with Crippen LogP contribution in [0.3, 0.4) is 0 Å². The fraction of sp³-hybridized carbons (Fsp3) is 0.462. The maximum atomic E-state index is 11.7. The van der Waals surface area contributed by atoms with Crippen LogP contribution in [0, 0.1) is 0 Å². The molecule has 17 heavy (non-hydrogen) atoms. The molecule has 0 aromatic heterocycles. The molecule has 3 N–H and O–H groups in total. The number of nitrogens with one attached hydrogen (secondary N) is 1. The Hall–Kier alpha value is -1.55. The standard InChI is InChI=1S/C13H21N3O/c1-4-15-13(17)10(2)16(3)9-11-7-5-6-8-12(11)14/h5-8,10H,4,9,14H2,1-3H3,(H,15,17). The van der Waals surface area contributed by atoms with Crippen molar-refractivity contribution in [2.24, 2.45) is 0 Å². The second-order valence-corrected chi connectivity index (χ2v) is 4.18. The number of carbonyl (C=O) groups is 1. The fourth-order valence-electron chi connectivity index (χ4n) is 1.61. The van der Waals surface area contributed by atoms with Gasteiger partial charge in [0.1, 0.15) is 0 Å². The summed E-state index contributed by atoms with van der Waals surface area (Å²) in [6.07, 6.45) is 0. The molecular formula is C13H21N3O. The van der Waals surface area contributed by atoms with Crippen molar-refractivity contribution in [3.8, 4) is 0 Å². The molecular weight excluding hydrogens is 214 g/mol. The Morgan fingerprint density at radius 3 is 2.71 bits per heavy atom. The van der Waals surface area contributed by atoms with Crippen LogP contribution in [0.15, 0.2) is 24.3 Å². The Morgan fingerprint density at radius 1 is 1.47 bits per heavy atom. The third kappa shape index (κ3) is 3.75. The molecule has 0 spiro atoms. The molecule has 0 saturated carbocycles. The minimum Gasteiger partial charge on any atom is -0.398 e. The van der Waals surface area contributed by atoms with E-state index in [2.05, 4.69) is 5.32 Å². The van der Waals surface area contributed by atoms with Crippen LogP contribution in [0.25, 0.3) is 0 Å². The number of carbonyl (C=O) groups excluding carboxylic acids is 1. The molecule has 1 atom stereocenters. The molecule has 1 aromatic carbocycles. The zero-order chi connectivity index (χ0) is 12.8. The molecule has 0 aliphatic carbocycles. The minimum absolute atomic E-state index is 0.0458. The maximum Gasteiger partial charge on any atom is 0.237 e. The zero-order valence-corrected chi connectivity index (χ0v) is 10.7. The van der Waals surface area contributed by atoms with Crippen LogP contribution in [-0.4, -0.2) is 30.4 Å². The third-order valence-electron chi connectivity index (χ3n) is 2.87. The van der Waals surface area contributed by atoms with Crippen LogP contribution in [-0.2, 0) is 11.3 Å². The molecule has 1 unspecified atom stereocenters. The van der Waals surface area contributed by atoms with E-state index >= 15 is 0 Å². The van der Waals surface area contributed by atoms with E-state index < -0.39 is 0 Å². The predicted molar refractivity (Wildman–Crippen MR) is 70.5 cm³/mol. The summed E-state index contributed by atoms with van der Waals surface area (Å²) in [5, 5.41) is 2.81. The Kier molecular flexibility index (Phi) is 4.97. The molecule has 1 amide bonds. The van der Waals surface area contributed by atoms with Gasteiger partial charge in [-0.2, -0.15) is 0 Å². The van der Waals surface area contributed by atoms with Crippen molar-refractivity contribution in [3.05, 3.63) is 29.8 Å². The van der Waals surface area contributed by atoms with Crippen molar-refractivity contribution in [1.29, 1.82) is 0 Å². The topological polar surface area (TPSA) is 58.4 Å². The van der Waals surface area contributed by atoms with E-state index in [1.54, 1.807) is 0 Å². The lowest BCUT2D eigenvalue weighted by atomic mass is 10.1. The average Bonchev–Trinajstić information content (AvgIpc) is 2.31. The lowest BCUT2D eigenvalue weighted by Crippen LogP contribution is -2.42. The summed E-state index contributed by atoms with van der Waals surface area (Å²) in [6.45, 7) is 5.14. The first-order valence-corrected chi connectivity index (χ1v) is 5.87. The number of benzene rings is 1. The highest BCUT2D eigenvalue weighted by molar-refractivity contribution is 5.81. The van der Waals surface area contributed by atoms with Crippen molar-refractivity contribution in [3.63, 3.8) is 0 Å². The normalized spacial score (nSPS) is 12.5. The van der Waals surface area contributed by atoms with Gasteiger partial charge in [-0.25, -0.2) is 0 Å². The van der Waals surface area contributed by atoms with Crippen molar-refractivity contribution in [1.82, 2.24) is 10.2 Å². The van der Waals surface area contributed by atoms with Gasteiger partial charge in [0, 0.05) is 18.8 Å². The van der Waals surface area contributed by atoms with E-state index in [-0.39, 0.29) is 11.9 Å². The monoisotopic (exact) mass is 235 g/mol. The van der Waals surface area contributed by atoms with E-state index in [0.29, 0.717) is 13.1 Å². The van der Waals surface area contributed by atoms with E-state index in [9.17, 15) is 4.79 Å². The van der Waals surface area contributed by atoms with Crippen LogP contribution in [0.1, 0.15) is 19.4 Å². The number of rotatable bonds is 5. The molecule has 0 radical (unpaired) electrons. The van der Waals surface area contributed by atoms with E-state index in [0.717, 1.165) is 11.3 Å². The van der Waals surface area contributed by atoms with Crippen molar-refractivity contribution < 1.29 is 4.79 Å². The number of nitrogens with two attached hydrogens (primary N) is 1. The van der Waals surface area contributed by atoms with E-state index in [1.807, 2.05) is 50.1 Å². The Balaban J connectivity index is 2.63. The molecule has 1 rings (SSSR count). The Labute approximate surface area is 103 Å². The zero-order valence-electron chi connectivity index (χ0n) is 10.7. The average molecular weight is 235 g/mol. The molecule has 0 aliphatic rings. The molecule has 0 fully saturated rings. The summed E-state index contributed by atoms with van der Waals surface area (Å²) in [5.74, 6) is 0.0458. The Morgan fingerprint density at radius 2 is 2.12 bits per heavy atom. The number of hydrogen-bond donors (Lipinski definition) is 2. The largest absolute Gasteiger partial charge is 0.398 e. The van der Waals surface area contributed by atoms with Gasteiger partial charge >= 0.3 is 0 Å². The van der Waals surface area contributed by atoms with Gasteiger partial charge in [-0.05, 0) is 32.5 Å². The van der Waals surface area contributed by atoms with Gasteiger partial charge in [-0.1, -0.05) is 18.2 Å². The highest BCUT2D eigenvalue weighted by atomic mass is 16.2. The minimum atomic E-state index is -0.158. The molecule has 1 aromatic rings. The molecule has 0 heterocycles. The fourth-order valence-corrected chi connectivity index (χ4v) is 1.61. The van der Waals surface area contributed by atoms with Gasteiger partial charge < -0.3 is 11.1 Å². The van der Waals surface area contributed by atoms with Gasteiger partial charge in [-0.15, -0.1) is 0 Å². The first-order valence-electron chi connectivity index (χ1n) is 5.87. The molecule has 0 saturated heterocycles. The van der Waals surface area contributed by atoms with Crippen LogP contribution >= 0.6 is 0 Å². The van der Waals surface area contributed by atoms with E-state index in [4.69, 9.17) is 5.73 Å². The third-order valence-corrected chi connectivity index (χ3v) is 2.87. The SMILES string of the molecule is CCNC(=O)C(C)N(C)Cc1ccccc1N. The molecule has 4 heteroatoms. The molecule has 0 bridgehead atoms. The summed E-state index contributed by atoms with van der Waals surface area (Å²) in [7, 11) is 1.92. The molecule has 0 aliphatic heterocycles. The van der Waals surface area contributed by atoms with Gasteiger partial charge in [0.15, 0.2) is 0 Å². The van der Waals surface area contributed by atoms with Crippen molar-refractivity contribution >= 4 is 11.6 Å². The van der Waals surface area contributed by atoms with Gasteiger partial charge in [-0.3, -0.25) is 9.69 Å². The van der Waals surface area contributed by atoms with Crippen molar-refractivity contribution in [2.75, 3.05) is 19.3 Å². The highest BCUT2D eigenvalue weighted by Crippen LogP contribution is 2.13. The van der Waals surface area contributed by atoms with Crippen LogP contribution < -0.4 is 11.1 Å². The quantitative estimate of drug-likeness (QED) is 0.755. The van der Waals surface area contributed by atoms with Gasteiger partial charge in [0.2, 0.25) is 5.91 Å². The predicted octanol–water partition coefficient (Wildman–Crippen LogP) is 1.23. The van der Waals surface area contributed by atoms with E-state index in [1.165, 1.54) is 0 Å². The number of hydrogen-bond acceptors (Lipinski definition) is 3. The number of nitrogens with zero attached hydrogens (tertiary/aromatic N) is 1. The van der Waals surface area contributed by atoms with Crippen LogP contribution in [0.2, 0.25) is 0 Å². The van der Waals surface area contributed by atoms with Crippen LogP contribution in [0.5, 0.6) is 0 Å². The number of anilines is 1. The number of nitrogen functional groups attached to an aromatic ring is 1. The first-order chi connectivity index (χ1) is 8.06. The number of para-hydroxylation sites is 1. The van der Waals surface area contributed by atoms with Crippen LogP contribution in [0.4, 0.5) is 5.69 Å². The lowest BCUT2D eigenvalue weighted by Gasteiger charge is -2.24. The number of likely N-dealkylation sites (N-methyl/N-ethyl adjacent to an activating group) is 2. The van der Waals surface area contributed by atoms with Gasteiger partial charge in [0.05, 0.1) is 6.04 Å². The summed E-state index contributed by atoms with van der Waals surface area (Å²) in [4.78, 5) is 13.7. The summed E-state index contributed by atoms with van der Waals surface area (Å²) in [5.41, 5.74) is 7.69. The second kappa shape index (κ2) is 6.25. The summed E-state index contributed by atoms with van der Waals surface area (Å²) >= 11 is 0. The molecule has 94 valence electrons. The van der Waals surface area contributed by atoms with Gasteiger partial charge in [0.25, 0.3) is 0 Å². The Bertz CT molecular complexity index is 379. The summed E-state index contributed by atoms with van der Waals surface area (Å²) < 4.78 is 0. The molecule has 4 nitrogen and oxygen atoms in total.